The molecule has 0 fully saturated rings. The van der Waals surface area contributed by atoms with E-state index in [0.29, 0.717) is 11.4 Å². The highest BCUT2D eigenvalue weighted by atomic mass is 16.5. The van der Waals surface area contributed by atoms with Gasteiger partial charge in [0.1, 0.15) is 5.75 Å². The molecule has 19 heavy (non-hydrogen) atoms. The highest BCUT2D eigenvalue weighted by Gasteiger charge is 2.16. The maximum absolute atomic E-state index is 11.8. The summed E-state index contributed by atoms with van der Waals surface area (Å²) in [6, 6.07) is 4.48. The zero-order chi connectivity index (χ0) is 14.4. The van der Waals surface area contributed by atoms with E-state index in [1.165, 1.54) is 7.11 Å². The third-order valence-electron chi connectivity index (χ3n) is 2.62. The van der Waals surface area contributed by atoms with Crippen molar-refractivity contribution in [2.75, 3.05) is 12.4 Å². The van der Waals surface area contributed by atoms with Gasteiger partial charge < -0.3 is 20.9 Å². The van der Waals surface area contributed by atoms with Crippen LogP contribution in [0.1, 0.15) is 18.4 Å². The molecule has 1 atom stereocenters. The van der Waals surface area contributed by atoms with E-state index in [1.54, 1.807) is 12.1 Å². The van der Waals surface area contributed by atoms with E-state index in [9.17, 15) is 9.59 Å². The summed E-state index contributed by atoms with van der Waals surface area (Å²) in [4.78, 5) is 22.2. The topological polar surface area (TPSA) is 102 Å². The quantitative estimate of drug-likeness (QED) is 0.716. The molecule has 0 aliphatic carbocycles. The zero-order valence-corrected chi connectivity index (χ0v) is 11.0. The summed E-state index contributed by atoms with van der Waals surface area (Å²) < 4.78 is 5.16. The average Bonchev–Trinajstić information content (AvgIpc) is 2.37. The standard InChI is InChI=1S/C13H18N2O4/c1-8-3-5-10(11(7-8)19-2)15-13(18)9(14)4-6-12(16)17/h3,5,7,9H,4,6,14H2,1-2H3,(H,15,18)(H,16,17). The van der Waals surface area contributed by atoms with Gasteiger partial charge in [-0.15, -0.1) is 0 Å². The van der Waals surface area contributed by atoms with Crippen molar-refractivity contribution < 1.29 is 19.4 Å². The third-order valence-corrected chi connectivity index (χ3v) is 2.62. The summed E-state index contributed by atoms with van der Waals surface area (Å²) >= 11 is 0. The fourth-order valence-electron chi connectivity index (χ4n) is 1.54. The van der Waals surface area contributed by atoms with Crippen LogP contribution in [-0.4, -0.2) is 30.1 Å². The number of carbonyl (C=O) groups is 2. The minimum Gasteiger partial charge on any atom is -0.495 e. The summed E-state index contributed by atoms with van der Waals surface area (Å²) in [6.07, 6.45) is -0.0467. The highest BCUT2D eigenvalue weighted by Crippen LogP contribution is 2.25. The summed E-state index contributed by atoms with van der Waals surface area (Å²) in [5, 5.41) is 11.2. The van der Waals surface area contributed by atoms with E-state index in [-0.39, 0.29) is 12.8 Å². The normalized spacial score (nSPS) is 11.7. The van der Waals surface area contributed by atoms with E-state index in [0.717, 1.165) is 5.56 Å². The number of anilines is 1. The molecule has 0 radical (unpaired) electrons. The van der Waals surface area contributed by atoms with Gasteiger partial charge in [0, 0.05) is 6.42 Å². The molecular weight excluding hydrogens is 248 g/mol. The number of hydrogen-bond acceptors (Lipinski definition) is 4. The molecule has 0 saturated carbocycles. The summed E-state index contributed by atoms with van der Waals surface area (Å²) in [5.74, 6) is -0.863. The Morgan fingerprint density at radius 1 is 1.47 bits per heavy atom. The number of methoxy groups -OCH3 is 1. The first-order valence-electron chi connectivity index (χ1n) is 5.87. The molecular formula is C13H18N2O4. The molecule has 1 rings (SSSR count). The van der Waals surface area contributed by atoms with E-state index in [4.69, 9.17) is 15.6 Å². The molecule has 0 heterocycles. The van der Waals surface area contributed by atoms with Gasteiger partial charge in [0.05, 0.1) is 18.8 Å². The number of benzene rings is 1. The number of hydrogen-bond donors (Lipinski definition) is 3. The molecule has 104 valence electrons. The molecule has 0 aromatic heterocycles. The predicted octanol–water partition coefficient (Wildman–Crippen LogP) is 1.13. The lowest BCUT2D eigenvalue weighted by Crippen LogP contribution is -2.36. The second kappa shape index (κ2) is 6.75. The number of aliphatic carboxylic acids is 1. The molecule has 1 amide bonds. The fraction of sp³-hybridized carbons (Fsp3) is 0.385. The molecule has 1 aromatic rings. The number of nitrogens with one attached hydrogen (secondary N) is 1. The number of carboxylic acids is 1. The number of amides is 1. The summed E-state index contributed by atoms with van der Waals surface area (Å²) in [6.45, 7) is 1.91. The van der Waals surface area contributed by atoms with Crippen molar-refractivity contribution >= 4 is 17.6 Å². The van der Waals surface area contributed by atoms with Crippen LogP contribution in [0.2, 0.25) is 0 Å². The van der Waals surface area contributed by atoms with Gasteiger partial charge in [0.25, 0.3) is 0 Å². The van der Waals surface area contributed by atoms with Crippen LogP contribution >= 0.6 is 0 Å². The predicted molar refractivity (Wildman–Crippen MR) is 71.2 cm³/mol. The number of aryl methyl sites for hydroxylation is 1. The minimum absolute atomic E-state index is 0.0926. The van der Waals surface area contributed by atoms with Gasteiger partial charge in [-0.25, -0.2) is 0 Å². The first-order chi connectivity index (χ1) is 8.93. The smallest absolute Gasteiger partial charge is 0.303 e. The molecule has 6 heteroatoms. The van der Waals surface area contributed by atoms with Crippen molar-refractivity contribution in [2.24, 2.45) is 5.73 Å². The number of nitrogens with two attached hydrogens (primary N) is 1. The maximum Gasteiger partial charge on any atom is 0.303 e. The molecule has 0 bridgehead atoms. The monoisotopic (exact) mass is 266 g/mol. The number of rotatable bonds is 6. The van der Waals surface area contributed by atoms with Crippen molar-refractivity contribution in [3.63, 3.8) is 0 Å². The molecule has 4 N–H and O–H groups in total. The molecule has 0 aliphatic rings. The lowest BCUT2D eigenvalue weighted by Gasteiger charge is -2.14. The largest absolute Gasteiger partial charge is 0.495 e. The second-order valence-corrected chi connectivity index (χ2v) is 4.23. The highest BCUT2D eigenvalue weighted by molar-refractivity contribution is 5.96. The first kappa shape index (κ1) is 15.0. The van der Waals surface area contributed by atoms with Crippen LogP contribution in [0.4, 0.5) is 5.69 Å². The lowest BCUT2D eigenvalue weighted by atomic mass is 10.1. The van der Waals surface area contributed by atoms with E-state index in [1.807, 2.05) is 13.0 Å². The van der Waals surface area contributed by atoms with Crippen molar-refractivity contribution in [1.29, 1.82) is 0 Å². The lowest BCUT2D eigenvalue weighted by molar-refractivity contribution is -0.137. The van der Waals surface area contributed by atoms with Crippen LogP contribution in [0.3, 0.4) is 0 Å². The second-order valence-electron chi connectivity index (χ2n) is 4.23. The molecule has 6 nitrogen and oxygen atoms in total. The van der Waals surface area contributed by atoms with Crippen LogP contribution in [0.15, 0.2) is 18.2 Å². The Balaban J connectivity index is 2.68. The molecule has 1 unspecified atom stereocenters. The Morgan fingerprint density at radius 3 is 2.74 bits per heavy atom. The van der Waals surface area contributed by atoms with E-state index < -0.39 is 17.9 Å². The van der Waals surface area contributed by atoms with Gasteiger partial charge in [0.2, 0.25) is 5.91 Å². The van der Waals surface area contributed by atoms with Gasteiger partial charge in [0.15, 0.2) is 0 Å². The summed E-state index contributed by atoms with van der Waals surface area (Å²) in [7, 11) is 1.51. The van der Waals surface area contributed by atoms with Crippen molar-refractivity contribution in [3.8, 4) is 5.75 Å². The minimum atomic E-state index is -0.976. The van der Waals surface area contributed by atoms with Crippen molar-refractivity contribution in [1.82, 2.24) is 0 Å². The van der Waals surface area contributed by atoms with E-state index >= 15 is 0 Å². The van der Waals surface area contributed by atoms with Crippen molar-refractivity contribution in [2.45, 2.75) is 25.8 Å². The Bertz CT molecular complexity index is 474. The number of carbonyl (C=O) groups excluding carboxylic acids is 1. The van der Waals surface area contributed by atoms with Crippen LogP contribution in [0.5, 0.6) is 5.75 Å². The maximum atomic E-state index is 11.8. The molecule has 0 aliphatic heterocycles. The van der Waals surface area contributed by atoms with Gasteiger partial charge in [-0.1, -0.05) is 6.07 Å². The SMILES string of the molecule is COc1cc(C)ccc1NC(=O)C(N)CCC(=O)O. The van der Waals surface area contributed by atoms with Gasteiger partial charge in [-0.3, -0.25) is 9.59 Å². The zero-order valence-electron chi connectivity index (χ0n) is 11.0. The van der Waals surface area contributed by atoms with Crippen LogP contribution in [-0.2, 0) is 9.59 Å². The van der Waals surface area contributed by atoms with Crippen LogP contribution in [0.25, 0.3) is 0 Å². The van der Waals surface area contributed by atoms with E-state index in [2.05, 4.69) is 5.32 Å². The number of ether oxygens (including phenoxy) is 1. The van der Waals surface area contributed by atoms with Gasteiger partial charge in [-0.05, 0) is 31.0 Å². The molecule has 0 saturated heterocycles. The van der Waals surface area contributed by atoms with Crippen LogP contribution in [0, 0.1) is 6.92 Å². The van der Waals surface area contributed by atoms with Crippen molar-refractivity contribution in [3.05, 3.63) is 23.8 Å². The first-order valence-corrected chi connectivity index (χ1v) is 5.87. The molecule has 1 aromatic carbocycles. The van der Waals surface area contributed by atoms with Gasteiger partial charge in [-0.2, -0.15) is 0 Å². The van der Waals surface area contributed by atoms with Crippen LogP contribution < -0.4 is 15.8 Å². The fourth-order valence-corrected chi connectivity index (χ4v) is 1.54. The Morgan fingerprint density at radius 2 is 2.16 bits per heavy atom. The Labute approximate surface area is 111 Å². The summed E-state index contributed by atoms with van der Waals surface area (Å²) in [5.41, 5.74) is 7.14. The Kier molecular flexibility index (Phi) is 5.32. The Hall–Kier alpha value is -2.08. The van der Waals surface area contributed by atoms with Gasteiger partial charge >= 0.3 is 5.97 Å². The average molecular weight is 266 g/mol. The third kappa shape index (κ3) is 4.59. The number of carboxylic acid groups (broad SMARTS) is 1. The molecule has 0 spiro atoms.